The molecule has 1 aliphatic rings. The van der Waals surface area contributed by atoms with Gasteiger partial charge in [0, 0.05) is 16.8 Å². The third-order valence-corrected chi connectivity index (χ3v) is 3.72. The molecule has 0 saturated heterocycles. The number of hydrogen-bond acceptors (Lipinski definition) is 4. The Morgan fingerprint density at radius 3 is 3.22 bits per heavy atom. The molecule has 0 radical (unpaired) electrons. The van der Waals surface area contributed by atoms with E-state index in [0.29, 0.717) is 12.3 Å². The van der Waals surface area contributed by atoms with Crippen LogP contribution in [-0.4, -0.2) is 21.6 Å². The van der Waals surface area contributed by atoms with Crippen molar-refractivity contribution in [3.8, 4) is 0 Å². The molecule has 1 aliphatic heterocycles. The molecule has 0 fully saturated rings. The lowest BCUT2D eigenvalue weighted by molar-refractivity contribution is -0.113. The van der Waals surface area contributed by atoms with Gasteiger partial charge in [-0.3, -0.25) is 4.79 Å². The van der Waals surface area contributed by atoms with E-state index in [-0.39, 0.29) is 5.91 Å². The quantitative estimate of drug-likeness (QED) is 0.790. The highest BCUT2D eigenvalue weighted by Crippen LogP contribution is 2.33. The predicted octanol–water partition coefficient (Wildman–Crippen LogP) is 2.07. The van der Waals surface area contributed by atoms with Crippen LogP contribution >= 0.6 is 11.8 Å². The average molecular weight is 260 g/mol. The zero-order valence-electron chi connectivity index (χ0n) is 9.56. The maximum atomic E-state index is 11.3. The van der Waals surface area contributed by atoms with Crippen LogP contribution in [0.25, 0.3) is 0 Å². The number of amides is 1. The number of benzene rings is 1. The first-order chi connectivity index (χ1) is 8.81. The van der Waals surface area contributed by atoms with Crippen molar-refractivity contribution >= 4 is 29.0 Å². The monoisotopic (exact) mass is 260 g/mol. The van der Waals surface area contributed by atoms with Gasteiger partial charge in [-0.05, 0) is 18.2 Å². The van der Waals surface area contributed by atoms with Gasteiger partial charge in [-0.15, -0.1) is 11.8 Å². The van der Waals surface area contributed by atoms with E-state index < -0.39 is 0 Å². The highest BCUT2D eigenvalue weighted by Gasteiger charge is 2.15. The molecule has 0 unspecified atom stereocenters. The van der Waals surface area contributed by atoms with Crippen LogP contribution in [0.15, 0.2) is 35.6 Å². The highest BCUT2D eigenvalue weighted by atomic mass is 32.2. The number of imidazole rings is 1. The second-order valence-corrected chi connectivity index (χ2v) is 5.00. The van der Waals surface area contributed by atoms with Gasteiger partial charge in [0.2, 0.25) is 5.91 Å². The molecule has 5 nitrogen and oxygen atoms in total. The molecule has 1 aromatic carbocycles. The minimum absolute atomic E-state index is 0.0539. The molecule has 2 aromatic rings. The normalized spacial score (nSPS) is 13.9. The third kappa shape index (κ3) is 2.33. The Hall–Kier alpha value is -1.95. The summed E-state index contributed by atoms with van der Waals surface area (Å²) in [5.74, 6) is 0.548. The Morgan fingerprint density at radius 2 is 2.39 bits per heavy atom. The molecule has 1 aromatic heterocycles. The Kier molecular flexibility index (Phi) is 2.93. The van der Waals surface area contributed by atoms with Crippen LogP contribution in [0.2, 0.25) is 0 Å². The highest BCUT2D eigenvalue weighted by molar-refractivity contribution is 8.00. The van der Waals surface area contributed by atoms with Gasteiger partial charge in [-0.1, -0.05) is 0 Å². The third-order valence-electron chi connectivity index (χ3n) is 2.65. The number of rotatable bonds is 3. The summed E-state index contributed by atoms with van der Waals surface area (Å²) in [5.41, 5.74) is 2.88. The van der Waals surface area contributed by atoms with Crippen molar-refractivity contribution in [3.05, 3.63) is 36.4 Å². The fourth-order valence-electron chi connectivity index (χ4n) is 1.77. The molecule has 6 heteroatoms. The van der Waals surface area contributed by atoms with Crippen molar-refractivity contribution in [1.82, 2.24) is 9.97 Å². The van der Waals surface area contributed by atoms with Crippen molar-refractivity contribution < 1.29 is 4.79 Å². The van der Waals surface area contributed by atoms with Crippen molar-refractivity contribution in [2.75, 3.05) is 16.4 Å². The van der Waals surface area contributed by atoms with Crippen LogP contribution < -0.4 is 10.6 Å². The van der Waals surface area contributed by atoms with Crippen LogP contribution in [0.5, 0.6) is 0 Å². The van der Waals surface area contributed by atoms with Crippen LogP contribution in [0.3, 0.4) is 0 Å². The molecule has 2 heterocycles. The van der Waals surface area contributed by atoms with Gasteiger partial charge in [0.15, 0.2) is 0 Å². The number of anilines is 2. The minimum Gasteiger partial charge on any atom is -0.379 e. The summed E-state index contributed by atoms with van der Waals surface area (Å²) >= 11 is 1.57. The molecule has 1 amide bonds. The Labute approximate surface area is 108 Å². The molecule has 0 aliphatic carbocycles. The molecule has 0 saturated carbocycles. The van der Waals surface area contributed by atoms with Crippen LogP contribution in [0.4, 0.5) is 11.4 Å². The molecular formula is C12H12N4OS. The summed E-state index contributed by atoms with van der Waals surface area (Å²) in [6.07, 6.45) is 3.43. The van der Waals surface area contributed by atoms with E-state index in [2.05, 4.69) is 20.6 Å². The molecule has 0 bridgehead atoms. The largest absolute Gasteiger partial charge is 0.379 e. The lowest BCUT2D eigenvalue weighted by atomic mass is 10.2. The number of aromatic amines is 1. The van der Waals surface area contributed by atoms with E-state index in [1.165, 1.54) is 0 Å². The van der Waals surface area contributed by atoms with E-state index in [9.17, 15) is 4.79 Å². The van der Waals surface area contributed by atoms with Crippen LogP contribution in [-0.2, 0) is 11.3 Å². The van der Waals surface area contributed by atoms with E-state index >= 15 is 0 Å². The maximum absolute atomic E-state index is 11.3. The zero-order valence-corrected chi connectivity index (χ0v) is 10.4. The fourth-order valence-corrected chi connectivity index (χ4v) is 2.56. The summed E-state index contributed by atoms with van der Waals surface area (Å²) in [6.45, 7) is 0.680. The summed E-state index contributed by atoms with van der Waals surface area (Å²) in [6, 6.07) is 5.99. The van der Waals surface area contributed by atoms with Gasteiger partial charge in [-0.2, -0.15) is 0 Å². The summed E-state index contributed by atoms with van der Waals surface area (Å²) in [7, 11) is 0. The Bertz CT molecular complexity index is 567. The molecule has 18 heavy (non-hydrogen) atoms. The smallest absolute Gasteiger partial charge is 0.234 e. The number of carbonyl (C=O) groups excluding carboxylic acids is 1. The summed E-state index contributed by atoms with van der Waals surface area (Å²) in [4.78, 5) is 19.4. The van der Waals surface area contributed by atoms with Crippen LogP contribution in [0.1, 0.15) is 5.69 Å². The number of hydrogen-bond donors (Lipinski definition) is 3. The van der Waals surface area contributed by atoms with Crippen LogP contribution in [0, 0.1) is 0 Å². The number of carbonyl (C=O) groups is 1. The van der Waals surface area contributed by atoms with Gasteiger partial charge >= 0.3 is 0 Å². The van der Waals surface area contributed by atoms with E-state index in [0.717, 1.165) is 22.0 Å². The number of thioether (sulfide) groups is 1. The first-order valence-corrected chi connectivity index (χ1v) is 6.57. The molecular weight excluding hydrogens is 248 g/mol. The second kappa shape index (κ2) is 4.73. The van der Waals surface area contributed by atoms with Gasteiger partial charge in [0.05, 0.1) is 30.0 Å². The lowest BCUT2D eigenvalue weighted by Crippen LogP contribution is -2.18. The maximum Gasteiger partial charge on any atom is 0.234 e. The van der Waals surface area contributed by atoms with E-state index in [4.69, 9.17) is 0 Å². The van der Waals surface area contributed by atoms with Gasteiger partial charge in [-0.25, -0.2) is 4.98 Å². The molecule has 3 rings (SSSR count). The molecule has 0 spiro atoms. The standard InChI is InChI=1S/C12H12N4OS/c17-12-6-18-11-2-1-8(3-10(11)16-12)14-5-9-4-13-7-15-9/h1-4,7,14H,5-6H2,(H,13,15)(H,16,17). The first kappa shape index (κ1) is 11.2. The van der Waals surface area contributed by atoms with Gasteiger partial charge in [0.1, 0.15) is 0 Å². The van der Waals surface area contributed by atoms with Crippen molar-refractivity contribution in [2.24, 2.45) is 0 Å². The molecule has 3 N–H and O–H groups in total. The second-order valence-electron chi connectivity index (χ2n) is 3.98. The Balaban J connectivity index is 1.73. The minimum atomic E-state index is 0.0539. The van der Waals surface area contributed by atoms with Crippen molar-refractivity contribution in [3.63, 3.8) is 0 Å². The number of H-pyrrole nitrogens is 1. The predicted molar refractivity (Wildman–Crippen MR) is 71.7 cm³/mol. The summed E-state index contributed by atoms with van der Waals surface area (Å²) in [5, 5.41) is 6.15. The van der Waals surface area contributed by atoms with E-state index in [1.807, 2.05) is 18.2 Å². The Morgan fingerprint density at radius 1 is 1.44 bits per heavy atom. The number of fused-ring (bicyclic) bond motifs is 1. The number of nitrogens with zero attached hydrogens (tertiary/aromatic N) is 1. The topological polar surface area (TPSA) is 69.8 Å². The van der Waals surface area contributed by atoms with E-state index in [1.54, 1.807) is 24.3 Å². The SMILES string of the molecule is O=C1CSc2ccc(NCc3cnc[nH]3)cc2N1. The van der Waals surface area contributed by atoms with Crippen molar-refractivity contribution in [2.45, 2.75) is 11.4 Å². The number of aromatic nitrogens is 2. The fraction of sp³-hybridized carbons (Fsp3) is 0.167. The molecule has 0 atom stereocenters. The summed E-state index contributed by atoms with van der Waals surface area (Å²) < 4.78 is 0. The molecule has 92 valence electrons. The average Bonchev–Trinajstić information content (AvgIpc) is 2.89. The zero-order chi connectivity index (χ0) is 12.4. The number of nitrogens with one attached hydrogen (secondary N) is 3. The van der Waals surface area contributed by atoms with Gasteiger partial charge in [0.25, 0.3) is 0 Å². The first-order valence-electron chi connectivity index (χ1n) is 5.59. The van der Waals surface area contributed by atoms with Crippen molar-refractivity contribution in [1.29, 1.82) is 0 Å². The lowest BCUT2D eigenvalue weighted by Gasteiger charge is -2.17. The van der Waals surface area contributed by atoms with Gasteiger partial charge < -0.3 is 15.6 Å².